The third kappa shape index (κ3) is 1.74. The lowest BCUT2D eigenvalue weighted by Gasteiger charge is -2.23. The first kappa shape index (κ1) is 9.00. The highest BCUT2D eigenvalue weighted by atomic mass is 16.3. The molecule has 3 heteroatoms. The largest absolute Gasteiger partial charge is 0.370 e. The summed E-state index contributed by atoms with van der Waals surface area (Å²) < 4.78 is 0. The van der Waals surface area contributed by atoms with Gasteiger partial charge < -0.3 is 10.0 Å². The Labute approximate surface area is 72.7 Å². The summed E-state index contributed by atoms with van der Waals surface area (Å²) >= 11 is 0. The standard InChI is InChI=1S/C9H14N2O/c1-3-5-8-10-6-7-11(8)9(12)4-2/h3-4,9,12H,1-2,5-7H2. The van der Waals surface area contributed by atoms with Crippen LogP contribution in [0.15, 0.2) is 30.3 Å². The molecule has 1 heterocycles. The highest BCUT2D eigenvalue weighted by Crippen LogP contribution is 2.09. The van der Waals surface area contributed by atoms with Crippen molar-refractivity contribution in [3.8, 4) is 0 Å². The Morgan fingerprint density at radius 2 is 2.42 bits per heavy atom. The lowest BCUT2D eigenvalue weighted by Crippen LogP contribution is -2.36. The van der Waals surface area contributed by atoms with E-state index < -0.39 is 6.23 Å². The van der Waals surface area contributed by atoms with Gasteiger partial charge in [0.25, 0.3) is 0 Å². The number of rotatable bonds is 4. The van der Waals surface area contributed by atoms with Gasteiger partial charge in [0, 0.05) is 13.0 Å². The van der Waals surface area contributed by atoms with E-state index in [1.807, 2.05) is 4.90 Å². The molecule has 12 heavy (non-hydrogen) atoms. The first-order valence-electron chi connectivity index (χ1n) is 4.01. The van der Waals surface area contributed by atoms with Gasteiger partial charge in [-0.25, -0.2) is 0 Å². The fourth-order valence-corrected chi connectivity index (χ4v) is 1.23. The van der Waals surface area contributed by atoms with E-state index in [-0.39, 0.29) is 0 Å². The van der Waals surface area contributed by atoms with Crippen LogP contribution in [-0.4, -0.2) is 35.2 Å². The van der Waals surface area contributed by atoms with Crippen LogP contribution in [0.2, 0.25) is 0 Å². The topological polar surface area (TPSA) is 35.8 Å². The molecule has 0 aromatic heterocycles. The molecule has 3 nitrogen and oxygen atoms in total. The molecule has 1 aliphatic heterocycles. The maximum atomic E-state index is 9.45. The maximum Gasteiger partial charge on any atom is 0.146 e. The van der Waals surface area contributed by atoms with E-state index in [2.05, 4.69) is 18.2 Å². The van der Waals surface area contributed by atoms with Gasteiger partial charge in [-0.15, -0.1) is 6.58 Å². The number of nitrogens with zero attached hydrogens (tertiary/aromatic N) is 2. The van der Waals surface area contributed by atoms with Crippen LogP contribution in [0.4, 0.5) is 0 Å². The minimum Gasteiger partial charge on any atom is -0.370 e. The zero-order valence-electron chi connectivity index (χ0n) is 7.11. The monoisotopic (exact) mass is 166 g/mol. The van der Waals surface area contributed by atoms with Crippen molar-refractivity contribution in [2.45, 2.75) is 12.6 Å². The molecule has 0 saturated carbocycles. The van der Waals surface area contributed by atoms with Crippen LogP contribution in [0.1, 0.15) is 6.42 Å². The molecule has 1 rings (SSSR count). The summed E-state index contributed by atoms with van der Waals surface area (Å²) in [5.41, 5.74) is 0. The van der Waals surface area contributed by atoms with Crippen LogP contribution in [0.5, 0.6) is 0 Å². The second-order valence-electron chi connectivity index (χ2n) is 2.63. The van der Waals surface area contributed by atoms with E-state index in [4.69, 9.17) is 0 Å². The molecule has 0 saturated heterocycles. The molecule has 0 fully saturated rings. The Balaban J connectivity index is 2.60. The Kier molecular flexibility index (Phi) is 3.05. The molecular weight excluding hydrogens is 152 g/mol. The number of hydrogen-bond acceptors (Lipinski definition) is 3. The van der Waals surface area contributed by atoms with E-state index in [1.165, 1.54) is 6.08 Å². The zero-order valence-corrected chi connectivity index (χ0v) is 7.11. The van der Waals surface area contributed by atoms with Gasteiger partial charge in [-0.3, -0.25) is 4.99 Å². The van der Waals surface area contributed by atoms with Crippen LogP contribution in [0.25, 0.3) is 0 Å². The Morgan fingerprint density at radius 1 is 1.67 bits per heavy atom. The van der Waals surface area contributed by atoms with Gasteiger partial charge in [0.1, 0.15) is 12.1 Å². The summed E-state index contributed by atoms with van der Waals surface area (Å²) in [6.45, 7) is 8.69. The molecule has 0 aromatic carbocycles. The van der Waals surface area contributed by atoms with Crippen molar-refractivity contribution in [1.82, 2.24) is 4.90 Å². The van der Waals surface area contributed by atoms with E-state index in [0.717, 1.165) is 18.9 Å². The van der Waals surface area contributed by atoms with Crippen molar-refractivity contribution in [2.75, 3.05) is 13.1 Å². The normalized spacial score (nSPS) is 18.8. The number of amidine groups is 1. The van der Waals surface area contributed by atoms with Gasteiger partial charge in [-0.2, -0.15) is 0 Å². The fraction of sp³-hybridized carbons (Fsp3) is 0.444. The van der Waals surface area contributed by atoms with Crippen molar-refractivity contribution in [2.24, 2.45) is 4.99 Å². The van der Waals surface area contributed by atoms with Gasteiger partial charge in [0.05, 0.1) is 6.54 Å². The van der Waals surface area contributed by atoms with Crippen molar-refractivity contribution >= 4 is 5.84 Å². The molecule has 0 bridgehead atoms. The third-order valence-corrected chi connectivity index (χ3v) is 1.82. The van der Waals surface area contributed by atoms with Crippen LogP contribution >= 0.6 is 0 Å². The third-order valence-electron chi connectivity index (χ3n) is 1.82. The molecule has 66 valence electrons. The minimum atomic E-state index is -0.605. The van der Waals surface area contributed by atoms with Crippen LogP contribution in [-0.2, 0) is 0 Å². The van der Waals surface area contributed by atoms with Crippen LogP contribution in [0.3, 0.4) is 0 Å². The zero-order chi connectivity index (χ0) is 8.97. The van der Waals surface area contributed by atoms with E-state index in [0.29, 0.717) is 6.42 Å². The lowest BCUT2D eigenvalue weighted by molar-refractivity contribution is 0.104. The number of aliphatic hydroxyl groups is 1. The number of aliphatic hydroxyl groups excluding tert-OH is 1. The number of hydrogen-bond donors (Lipinski definition) is 1. The summed E-state index contributed by atoms with van der Waals surface area (Å²) in [5, 5.41) is 9.45. The predicted molar refractivity (Wildman–Crippen MR) is 50.0 cm³/mol. The molecule has 1 unspecified atom stereocenters. The molecule has 0 aromatic rings. The first-order chi connectivity index (χ1) is 5.79. The summed E-state index contributed by atoms with van der Waals surface area (Å²) in [6.07, 6.45) is 3.40. The second kappa shape index (κ2) is 4.07. The molecule has 0 aliphatic carbocycles. The molecule has 0 spiro atoms. The molecular formula is C9H14N2O. The molecule has 1 aliphatic rings. The minimum absolute atomic E-state index is 0.605. The molecule has 0 amide bonds. The van der Waals surface area contributed by atoms with Gasteiger partial charge >= 0.3 is 0 Å². The first-order valence-corrected chi connectivity index (χ1v) is 4.01. The van der Waals surface area contributed by atoms with E-state index >= 15 is 0 Å². The number of aliphatic imine (C=N–C) groups is 1. The Hall–Kier alpha value is -1.09. The predicted octanol–water partition coefficient (Wildman–Crippen LogP) is 0.781. The average Bonchev–Trinajstić information content (AvgIpc) is 2.52. The van der Waals surface area contributed by atoms with Gasteiger partial charge in [0.2, 0.25) is 0 Å². The summed E-state index contributed by atoms with van der Waals surface area (Å²) in [7, 11) is 0. The van der Waals surface area contributed by atoms with Crippen LogP contribution < -0.4 is 0 Å². The molecule has 1 atom stereocenters. The van der Waals surface area contributed by atoms with Gasteiger partial charge in [-0.1, -0.05) is 12.7 Å². The van der Waals surface area contributed by atoms with E-state index in [1.54, 1.807) is 6.08 Å². The Morgan fingerprint density at radius 3 is 3.00 bits per heavy atom. The fourth-order valence-electron chi connectivity index (χ4n) is 1.23. The maximum absolute atomic E-state index is 9.45. The highest BCUT2D eigenvalue weighted by Gasteiger charge is 2.19. The molecule has 1 N–H and O–H groups in total. The average molecular weight is 166 g/mol. The quantitative estimate of drug-likeness (QED) is 0.626. The van der Waals surface area contributed by atoms with Crippen molar-refractivity contribution in [1.29, 1.82) is 0 Å². The Bertz CT molecular complexity index is 211. The SMILES string of the molecule is C=CCC1=NCCN1C(O)C=C. The smallest absolute Gasteiger partial charge is 0.146 e. The van der Waals surface area contributed by atoms with Gasteiger partial charge in [0.15, 0.2) is 0 Å². The van der Waals surface area contributed by atoms with E-state index in [9.17, 15) is 5.11 Å². The van der Waals surface area contributed by atoms with Crippen molar-refractivity contribution in [3.05, 3.63) is 25.3 Å². The van der Waals surface area contributed by atoms with Gasteiger partial charge in [-0.05, 0) is 6.08 Å². The van der Waals surface area contributed by atoms with Crippen LogP contribution in [0, 0.1) is 0 Å². The summed E-state index contributed by atoms with van der Waals surface area (Å²) in [4.78, 5) is 6.07. The summed E-state index contributed by atoms with van der Waals surface area (Å²) in [6, 6.07) is 0. The van der Waals surface area contributed by atoms with Crippen molar-refractivity contribution in [3.63, 3.8) is 0 Å². The second-order valence-corrected chi connectivity index (χ2v) is 2.63. The lowest BCUT2D eigenvalue weighted by atomic mass is 10.3. The van der Waals surface area contributed by atoms with Crippen molar-refractivity contribution < 1.29 is 5.11 Å². The highest BCUT2D eigenvalue weighted by molar-refractivity contribution is 5.85. The summed E-state index contributed by atoms with van der Waals surface area (Å²) in [5.74, 6) is 0.900. The molecule has 0 radical (unpaired) electrons.